The average Bonchev–Trinajstić information content (AvgIpc) is 2.88. The number of nitrogens with two attached hydrogens (primary N) is 1. The molecule has 18 heavy (non-hydrogen) atoms. The normalized spacial score (nSPS) is 15.9. The van der Waals surface area contributed by atoms with Crippen molar-refractivity contribution in [2.45, 2.75) is 38.6 Å². The van der Waals surface area contributed by atoms with Crippen molar-refractivity contribution in [1.82, 2.24) is 9.97 Å². The van der Waals surface area contributed by atoms with E-state index in [1.54, 1.807) is 7.11 Å². The van der Waals surface area contributed by atoms with Gasteiger partial charge >= 0.3 is 0 Å². The molecule has 0 aromatic carbocycles. The molecule has 0 radical (unpaired) electrons. The van der Waals surface area contributed by atoms with E-state index in [2.05, 4.69) is 14.9 Å². The topological polar surface area (TPSA) is 64.3 Å². The van der Waals surface area contributed by atoms with Crippen LogP contribution in [0.5, 0.6) is 5.88 Å². The Balaban J connectivity index is 2.25. The van der Waals surface area contributed by atoms with E-state index >= 15 is 0 Å². The Morgan fingerprint density at radius 2 is 2.11 bits per heavy atom. The van der Waals surface area contributed by atoms with Gasteiger partial charge in [0.2, 0.25) is 11.8 Å². The summed E-state index contributed by atoms with van der Waals surface area (Å²) >= 11 is 0. The van der Waals surface area contributed by atoms with E-state index < -0.39 is 0 Å². The summed E-state index contributed by atoms with van der Waals surface area (Å²) in [6.07, 6.45) is 4.99. The molecule has 1 aromatic heterocycles. The Labute approximate surface area is 108 Å². The minimum atomic E-state index is 0.528. The molecule has 0 amide bonds. The first-order chi connectivity index (χ1) is 8.74. The molecule has 0 aliphatic heterocycles. The third-order valence-electron chi connectivity index (χ3n) is 3.42. The van der Waals surface area contributed by atoms with Crippen molar-refractivity contribution in [2.75, 3.05) is 25.1 Å². The first-order valence-corrected chi connectivity index (χ1v) is 6.61. The first kappa shape index (κ1) is 13.1. The zero-order chi connectivity index (χ0) is 13.0. The molecule has 1 heterocycles. The fourth-order valence-electron chi connectivity index (χ4n) is 2.56. The summed E-state index contributed by atoms with van der Waals surface area (Å²) in [5.74, 6) is 1.38. The zero-order valence-electron chi connectivity index (χ0n) is 11.2. The molecule has 1 fully saturated rings. The minimum absolute atomic E-state index is 0.528. The lowest BCUT2D eigenvalue weighted by Gasteiger charge is -2.28. The summed E-state index contributed by atoms with van der Waals surface area (Å²) in [5, 5.41) is 0. The van der Waals surface area contributed by atoms with Crippen molar-refractivity contribution in [3.63, 3.8) is 0 Å². The number of methoxy groups -OCH3 is 1. The van der Waals surface area contributed by atoms with Crippen LogP contribution >= 0.6 is 0 Å². The Bertz CT molecular complexity index is 391. The van der Waals surface area contributed by atoms with E-state index in [0.29, 0.717) is 18.5 Å². The van der Waals surface area contributed by atoms with Crippen molar-refractivity contribution in [3.05, 3.63) is 11.8 Å². The minimum Gasteiger partial charge on any atom is -0.481 e. The van der Waals surface area contributed by atoms with Gasteiger partial charge in [-0.25, -0.2) is 4.98 Å². The van der Waals surface area contributed by atoms with Crippen molar-refractivity contribution >= 4 is 5.95 Å². The smallest absolute Gasteiger partial charge is 0.229 e. The standard InChI is InChI=1S/C13H22N4O/c1-10-9-12(18-2)16-13(15-10)17(8-7-14)11-5-3-4-6-11/h9,11H,3-8,14H2,1-2H3. The van der Waals surface area contributed by atoms with Gasteiger partial charge in [0.25, 0.3) is 0 Å². The van der Waals surface area contributed by atoms with Crippen LogP contribution in [0.3, 0.4) is 0 Å². The fourth-order valence-corrected chi connectivity index (χ4v) is 2.56. The van der Waals surface area contributed by atoms with Crippen LogP contribution in [-0.4, -0.2) is 36.2 Å². The highest BCUT2D eigenvalue weighted by Gasteiger charge is 2.24. The van der Waals surface area contributed by atoms with Gasteiger partial charge in [0, 0.05) is 30.9 Å². The maximum atomic E-state index is 5.71. The van der Waals surface area contributed by atoms with Gasteiger partial charge in [0.05, 0.1) is 7.11 Å². The van der Waals surface area contributed by atoms with E-state index in [-0.39, 0.29) is 0 Å². The number of nitrogens with zero attached hydrogens (tertiary/aromatic N) is 3. The summed E-state index contributed by atoms with van der Waals surface area (Å²) < 4.78 is 5.22. The van der Waals surface area contributed by atoms with Gasteiger partial charge in [-0.3, -0.25) is 0 Å². The second kappa shape index (κ2) is 6.00. The summed E-state index contributed by atoms with van der Waals surface area (Å²) in [6, 6.07) is 2.37. The second-order valence-electron chi connectivity index (χ2n) is 4.77. The van der Waals surface area contributed by atoms with E-state index in [1.165, 1.54) is 25.7 Å². The number of anilines is 1. The highest BCUT2D eigenvalue weighted by atomic mass is 16.5. The molecule has 1 aliphatic carbocycles. The maximum Gasteiger partial charge on any atom is 0.229 e. The fraction of sp³-hybridized carbons (Fsp3) is 0.692. The molecule has 0 atom stereocenters. The zero-order valence-corrected chi connectivity index (χ0v) is 11.2. The van der Waals surface area contributed by atoms with Gasteiger partial charge in [-0.1, -0.05) is 12.8 Å². The number of aromatic nitrogens is 2. The molecule has 5 nitrogen and oxygen atoms in total. The highest BCUT2D eigenvalue weighted by Crippen LogP contribution is 2.27. The monoisotopic (exact) mass is 250 g/mol. The average molecular weight is 250 g/mol. The van der Waals surface area contributed by atoms with E-state index in [1.807, 2.05) is 13.0 Å². The molecule has 0 spiro atoms. The van der Waals surface area contributed by atoms with Crippen molar-refractivity contribution in [3.8, 4) is 5.88 Å². The molecule has 1 aliphatic rings. The molecule has 100 valence electrons. The van der Waals surface area contributed by atoms with E-state index in [0.717, 1.165) is 18.2 Å². The summed E-state index contributed by atoms with van der Waals surface area (Å²) in [5.41, 5.74) is 6.64. The largest absolute Gasteiger partial charge is 0.481 e. The Kier molecular flexibility index (Phi) is 4.36. The summed E-state index contributed by atoms with van der Waals surface area (Å²) in [6.45, 7) is 3.39. The molecule has 1 saturated carbocycles. The number of aryl methyl sites for hydroxylation is 1. The quantitative estimate of drug-likeness (QED) is 0.858. The summed E-state index contributed by atoms with van der Waals surface area (Å²) in [4.78, 5) is 11.2. The van der Waals surface area contributed by atoms with Gasteiger partial charge in [-0.2, -0.15) is 4.98 Å². The van der Waals surface area contributed by atoms with Crippen molar-refractivity contribution in [1.29, 1.82) is 0 Å². The van der Waals surface area contributed by atoms with Gasteiger partial charge in [0.1, 0.15) is 0 Å². The lowest BCUT2D eigenvalue weighted by Crippen LogP contribution is -2.38. The van der Waals surface area contributed by atoms with Crippen molar-refractivity contribution in [2.24, 2.45) is 5.73 Å². The SMILES string of the molecule is COc1cc(C)nc(N(CCN)C2CCCC2)n1. The summed E-state index contributed by atoms with van der Waals surface area (Å²) in [7, 11) is 1.63. The number of hydrogen-bond donors (Lipinski definition) is 1. The predicted octanol–water partition coefficient (Wildman–Crippen LogP) is 1.50. The lowest BCUT2D eigenvalue weighted by molar-refractivity contribution is 0.395. The molecule has 2 N–H and O–H groups in total. The van der Waals surface area contributed by atoms with Crippen LogP contribution in [0.1, 0.15) is 31.4 Å². The first-order valence-electron chi connectivity index (χ1n) is 6.61. The van der Waals surface area contributed by atoms with Crippen LogP contribution in [0.2, 0.25) is 0 Å². The Hall–Kier alpha value is -1.36. The predicted molar refractivity (Wildman–Crippen MR) is 72.0 cm³/mol. The second-order valence-corrected chi connectivity index (χ2v) is 4.77. The number of ether oxygens (including phenoxy) is 1. The van der Waals surface area contributed by atoms with Crippen LogP contribution in [0.15, 0.2) is 6.07 Å². The maximum absolute atomic E-state index is 5.71. The third kappa shape index (κ3) is 2.90. The van der Waals surface area contributed by atoms with Crippen LogP contribution in [-0.2, 0) is 0 Å². The molecule has 0 saturated heterocycles. The third-order valence-corrected chi connectivity index (χ3v) is 3.42. The Morgan fingerprint density at radius 1 is 1.39 bits per heavy atom. The van der Waals surface area contributed by atoms with Gasteiger partial charge in [-0.05, 0) is 19.8 Å². The molecule has 0 unspecified atom stereocenters. The van der Waals surface area contributed by atoms with Crippen LogP contribution < -0.4 is 15.4 Å². The molecular formula is C13H22N4O. The van der Waals surface area contributed by atoms with Gasteiger partial charge < -0.3 is 15.4 Å². The van der Waals surface area contributed by atoms with Crippen LogP contribution in [0.25, 0.3) is 0 Å². The van der Waals surface area contributed by atoms with Gasteiger partial charge in [0.15, 0.2) is 0 Å². The number of hydrogen-bond acceptors (Lipinski definition) is 5. The van der Waals surface area contributed by atoms with Gasteiger partial charge in [-0.15, -0.1) is 0 Å². The number of rotatable bonds is 5. The molecular weight excluding hydrogens is 228 g/mol. The molecule has 1 aromatic rings. The van der Waals surface area contributed by atoms with E-state index in [4.69, 9.17) is 10.5 Å². The van der Waals surface area contributed by atoms with Crippen LogP contribution in [0, 0.1) is 6.92 Å². The van der Waals surface area contributed by atoms with Crippen molar-refractivity contribution < 1.29 is 4.74 Å². The van der Waals surface area contributed by atoms with E-state index in [9.17, 15) is 0 Å². The lowest BCUT2D eigenvalue weighted by atomic mass is 10.2. The Morgan fingerprint density at radius 3 is 2.72 bits per heavy atom. The molecule has 2 rings (SSSR count). The highest BCUT2D eigenvalue weighted by molar-refractivity contribution is 5.36. The van der Waals surface area contributed by atoms with Crippen LogP contribution in [0.4, 0.5) is 5.95 Å². The molecule has 5 heteroatoms. The molecule has 0 bridgehead atoms.